The van der Waals surface area contributed by atoms with Crippen molar-refractivity contribution in [3.8, 4) is 0 Å². The first-order valence-corrected chi connectivity index (χ1v) is 5.42. The molecule has 0 amide bonds. The normalized spacial score (nSPS) is 16.5. The van der Waals surface area contributed by atoms with Gasteiger partial charge in [0.15, 0.2) is 0 Å². The van der Waals surface area contributed by atoms with Crippen LogP contribution in [-0.2, 0) is 4.79 Å². The highest BCUT2D eigenvalue weighted by molar-refractivity contribution is 6.44. The lowest BCUT2D eigenvalue weighted by molar-refractivity contribution is -0.118. The minimum Gasteiger partial charge on any atom is -0.290 e. The van der Waals surface area contributed by atoms with Crippen LogP contribution >= 0.6 is 0 Å². The fraction of sp³-hybridized carbons (Fsp3) is 0.385. The van der Waals surface area contributed by atoms with Crippen molar-refractivity contribution in [1.29, 1.82) is 0 Å². The van der Waals surface area contributed by atoms with E-state index in [1.807, 2.05) is 6.07 Å². The molecular weight excluding hydrogens is 188 g/mol. The van der Waals surface area contributed by atoms with Crippen LogP contribution in [0.5, 0.6) is 0 Å². The van der Waals surface area contributed by atoms with E-state index in [0.29, 0.717) is 5.56 Å². The van der Waals surface area contributed by atoms with Gasteiger partial charge in [-0.05, 0) is 12.8 Å². The van der Waals surface area contributed by atoms with Crippen LogP contribution in [0.4, 0.5) is 0 Å². The lowest BCUT2D eigenvalue weighted by atomic mass is 9.95. The molecule has 0 aromatic heterocycles. The van der Waals surface area contributed by atoms with Crippen molar-refractivity contribution in [2.24, 2.45) is 5.92 Å². The van der Waals surface area contributed by atoms with Crippen molar-refractivity contribution in [1.82, 2.24) is 0 Å². The predicted molar refractivity (Wildman–Crippen MR) is 57.7 cm³/mol. The highest BCUT2D eigenvalue weighted by atomic mass is 16.2. The quantitative estimate of drug-likeness (QED) is 0.557. The number of carbonyl (C=O) groups excluding carboxylic acids is 2. The average Bonchev–Trinajstić information content (AvgIpc) is 2.82. The van der Waals surface area contributed by atoms with Crippen molar-refractivity contribution in [2.75, 3.05) is 0 Å². The first-order valence-electron chi connectivity index (χ1n) is 5.42. The van der Waals surface area contributed by atoms with E-state index in [9.17, 15) is 9.59 Å². The maximum absolute atomic E-state index is 11.8. The van der Waals surface area contributed by atoms with Crippen molar-refractivity contribution in [2.45, 2.75) is 25.7 Å². The Morgan fingerprint density at radius 1 is 1.00 bits per heavy atom. The topological polar surface area (TPSA) is 34.1 Å². The third kappa shape index (κ3) is 2.14. The third-order valence-corrected chi connectivity index (χ3v) is 2.99. The molecule has 0 atom stereocenters. The number of hydrogen-bond donors (Lipinski definition) is 0. The van der Waals surface area contributed by atoms with Gasteiger partial charge in [-0.1, -0.05) is 43.2 Å². The van der Waals surface area contributed by atoms with Gasteiger partial charge in [0.1, 0.15) is 0 Å². The Hall–Kier alpha value is -1.44. The summed E-state index contributed by atoms with van der Waals surface area (Å²) in [6.07, 6.45) is 3.94. The highest BCUT2D eigenvalue weighted by Crippen LogP contribution is 2.26. The molecule has 0 heterocycles. The number of benzene rings is 1. The maximum atomic E-state index is 11.8. The molecule has 2 rings (SSSR count). The summed E-state index contributed by atoms with van der Waals surface area (Å²) in [5, 5.41) is 0. The van der Waals surface area contributed by atoms with Gasteiger partial charge in [-0.15, -0.1) is 0 Å². The van der Waals surface area contributed by atoms with Crippen LogP contribution in [0.15, 0.2) is 30.3 Å². The number of rotatable bonds is 3. The largest absolute Gasteiger partial charge is 0.290 e. The van der Waals surface area contributed by atoms with E-state index in [1.54, 1.807) is 24.3 Å². The zero-order valence-corrected chi connectivity index (χ0v) is 8.61. The van der Waals surface area contributed by atoms with Crippen molar-refractivity contribution in [3.05, 3.63) is 35.9 Å². The monoisotopic (exact) mass is 202 g/mol. The van der Waals surface area contributed by atoms with E-state index < -0.39 is 0 Å². The fourth-order valence-corrected chi connectivity index (χ4v) is 2.11. The summed E-state index contributed by atoms with van der Waals surface area (Å²) in [6, 6.07) is 8.82. The number of hydrogen-bond acceptors (Lipinski definition) is 2. The molecule has 1 aliphatic rings. The van der Waals surface area contributed by atoms with Crippen LogP contribution in [0.25, 0.3) is 0 Å². The summed E-state index contributed by atoms with van der Waals surface area (Å²) in [6.45, 7) is 0. The smallest absolute Gasteiger partial charge is 0.228 e. The van der Waals surface area contributed by atoms with Gasteiger partial charge in [0, 0.05) is 11.5 Å². The summed E-state index contributed by atoms with van der Waals surface area (Å²) >= 11 is 0. The average molecular weight is 202 g/mol. The Bertz CT molecular complexity index is 361. The van der Waals surface area contributed by atoms with Crippen LogP contribution in [0, 0.1) is 5.92 Å². The van der Waals surface area contributed by atoms with Gasteiger partial charge in [-0.25, -0.2) is 0 Å². The standard InChI is InChI=1S/C13H14O2/c14-12(10-6-2-1-3-7-10)13(15)11-8-4-5-9-11/h1-3,6-7,11H,4-5,8-9H2. The van der Waals surface area contributed by atoms with Crippen LogP contribution in [0.3, 0.4) is 0 Å². The number of carbonyl (C=O) groups is 2. The summed E-state index contributed by atoms with van der Waals surface area (Å²) in [4.78, 5) is 23.6. The van der Waals surface area contributed by atoms with Crippen molar-refractivity contribution in [3.63, 3.8) is 0 Å². The Morgan fingerprint density at radius 2 is 1.60 bits per heavy atom. The number of ketones is 2. The van der Waals surface area contributed by atoms with Gasteiger partial charge in [0.2, 0.25) is 11.6 Å². The van der Waals surface area contributed by atoms with Gasteiger partial charge in [-0.3, -0.25) is 9.59 Å². The lowest BCUT2D eigenvalue weighted by Gasteiger charge is -2.06. The van der Waals surface area contributed by atoms with Gasteiger partial charge in [0.05, 0.1) is 0 Å². The molecule has 0 N–H and O–H groups in total. The second-order valence-electron chi connectivity index (χ2n) is 4.04. The first kappa shape index (κ1) is 10.1. The second-order valence-corrected chi connectivity index (χ2v) is 4.04. The van der Waals surface area contributed by atoms with Gasteiger partial charge >= 0.3 is 0 Å². The summed E-state index contributed by atoms with van der Waals surface area (Å²) in [5.41, 5.74) is 0.523. The molecular formula is C13H14O2. The molecule has 1 aliphatic carbocycles. The summed E-state index contributed by atoms with van der Waals surface area (Å²) < 4.78 is 0. The first-order chi connectivity index (χ1) is 7.29. The van der Waals surface area contributed by atoms with E-state index in [4.69, 9.17) is 0 Å². The SMILES string of the molecule is O=C(C(=O)C1CCCC1)c1ccccc1. The van der Waals surface area contributed by atoms with Crippen LogP contribution in [0.2, 0.25) is 0 Å². The molecule has 1 aromatic rings. The Kier molecular flexibility index (Phi) is 2.95. The molecule has 0 spiro atoms. The zero-order chi connectivity index (χ0) is 10.7. The highest BCUT2D eigenvalue weighted by Gasteiger charge is 2.28. The van der Waals surface area contributed by atoms with Gasteiger partial charge < -0.3 is 0 Å². The van der Waals surface area contributed by atoms with Crippen molar-refractivity contribution < 1.29 is 9.59 Å². The molecule has 0 bridgehead atoms. The van der Waals surface area contributed by atoms with Gasteiger partial charge in [0.25, 0.3) is 0 Å². The Morgan fingerprint density at radius 3 is 2.20 bits per heavy atom. The van der Waals surface area contributed by atoms with E-state index >= 15 is 0 Å². The van der Waals surface area contributed by atoms with Crippen molar-refractivity contribution >= 4 is 11.6 Å². The zero-order valence-electron chi connectivity index (χ0n) is 8.61. The van der Waals surface area contributed by atoms with E-state index in [1.165, 1.54) is 0 Å². The molecule has 1 fully saturated rings. The minimum absolute atomic E-state index is 0.0160. The summed E-state index contributed by atoms with van der Waals surface area (Å²) in [7, 11) is 0. The molecule has 1 aromatic carbocycles. The third-order valence-electron chi connectivity index (χ3n) is 2.99. The van der Waals surface area contributed by atoms with Gasteiger partial charge in [-0.2, -0.15) is 0 Å². The molecule has 2 nitrogen and oxygen atoms in total. The molecule has 15 heavy (non-hydrogen) atoms. The van der Waals surface area contributed by atoms with Crippen LogP contribution in [0.1, 0.15) is 36.0 Å². The molecule has 0 saturated heterocycles. The van der Waals surface area contributed by atoms with E-state index in [0.717, 1.165) is 25.7 Å². The van der Waals surface area contributed by atoms with Crippen LogP contribution < -0.4 is 0 Å². The number of Topliss-reactive ketones (excluding diaryl/α,β-unsaturated/α-hetero) is 2. The molecule has 0 aliphatic heterocycles. The molecule has 0 radical (unpaired) electrons. The predicted octanol–water partition coefficient (Wildman–Crippen LogP) is 2.63. The molecule has 1 saturated carbocycles. The Balaban J connectivity index is 2.11. The molecule has 0 unspecified atom stereocenters. The minimum atomic E-state index is -0.317. The fourth-order valence-electron chi connectivity index (χ4n) is 2.11. The lowest BCUT2D eigenvalue weighted by Crippen LogP contribution is -2.21. The summed E-state index contributed by atoms with van der Waals surface area (Å²) in [5.74, 6) is -0.529. The molecule has 78 valence electrons. The Labute approximate surface area is 89.3 Å². The van der Waals surface area contributed by atoms with E-state index in [-0.39, 0.29) is 17.5 Å². The second kappa shape index (κ2) is 4.39. The van der Waals surface area contributed by atoms with E-state index in [2.05, 4.69) is 0 Å². The van der Waals surface area contributed by atoms with Crippen LogP contribution in [-0.4, -0.2) is 11.6 Å². The molecule has 2 heteroatoms. The maximum Gasteiger partial charge on any atom is 0.228 e.